The molecule has 4 nitrogen and oxygen atoms in total. The van der Waals surface area contributed by atoms with Crippen molar-refractivity contribution in [1.29, 1.82) is 0 Å². The normalized spacial score (nSPS) is 12.7. The van der Waals surface area contributed by atoms with Crippen molar-refractivity contribution >= 4 is 16.5 Å². The Labute approximate surface area is 102 Å². The van der Waals surface area contributed by atoms with Crippen LogP contribution in [-0.2, 0) is 11.3 Å². The summed E-state index contributed by atoms with van der Waals surface area (Å²) in [5.41, 5.74) is 0.932. The lowest BCUT2D eigenvalue weighted by atomic mass is 10.2. The summed E-state index contributed by atoms with van der Waals surface area (Å²) in [6, 6.07) is 0. The van der Waals surface area contributed by atoms with Crippen LogP contribution in [0.4, 0.5) is 5.00 Å². The summed E-state index contributed by atoms with van der Waals surface area (Å²) in [4.78, 5) is 0. The van der Waals surface area contributed by atoms with Gasteiger partial charge in [0.1, 0.15) is 10.7 Å². The Balaban J connectivity index is 2.37. The van der Waals surface area contributed by atoms with E-state index in [0.717, 1.165) is 36.5 Å². The van der Waals surface area contributed by atoms with E-state index in [1.807, 2.05) is 0 Å². The van der Waals surface area contributed by atoms with Crippen molar-refractivity contribution in [1.82, 2.24) is 9.59 Å². The average molecular weight is 243 g/mol. The van der Waals surface area contributed by atoms with Crippen LogP contribution in [0.5, 0.6) is 0 Å². The summed E-state index contributed by atoms with van der Waals surface area (Å²) < 4.78 is 9.66. The first-order valence-corrected chi connectivity index (χ1v) is 6.71. The Kier molecular flexibility index (Phi) is 6.33. The molecule has 0 aliphatic rings. The number of aromatic nitrogens is 2. The third-order valence-electron chi connectivity index (χ3n) is 2.29. The van der Waals surface area contributed by atoms with E-state index in [0.29, 0.717) is 12.7 Å². The van der Waals surface area contributed by atoms with Gasteiger partial charge in [0.05, 0.1) is 12.7 Å². The van der Waals surface area contributed by atoms with Crippen LogP contribution in [0.15, 0.2) is 0 Å². The van der Waals surface area contributed by atoms with E-state index in [4.69, 9.17) is 4.74 Å². The molecule has 0 saturated heterocycles. The third kappa shape index (κ3) is 4.45. The van der Waals surface area contributed by atoms with Crippen molar-refractivity contribution in [3.63, 3.8) is 0 Å². The first-order chi connectivity index (χ1) is 7.77. The molecule has 0 aliphatic carbocycles. The van der Waals surface area contributed by atoms with Gasteiger partial charge in [0.15, 0.2) is 0 Å². The molecule has 5 heteroatoms. The second kappa shape index (κ2) is 7.57. The van der Waals surface area contributed by atoms with E-state index >= 15 is 0 Å². The second-order valence-electron chi connectivity index (χ2n) is 3.89. The third-order valence-corrected chi connectivity index (χ3v) is 3.02. The fourth-order valence-corrected chi connectivity index (χ4v) is 1.98. The Hall–Kier alpha value is -0.680. The smallest absolute Gasteiger partial charge is 0.135 e. The van der Waals surface area contributed by atoms with Crippen molar-refractivity contribution in [2.45, 2.75) is 52.7 Å². The minimum Gasteiger partial charge on any atom is -0.374 e. The second-order valence-corrected chi connectivity index (χ2v) is 4.64. The van der Waals surface area contributed by atoms with E-state index in [1.165, 1.54) is 11.5 Å². The van der Waals surface area contributed by atoms with Gasteiger partial charge in [-0.25, -0.2) is 0 Å². The molecule has 92 valence electrons. The van der Waals surface area contributed by atoms with Gasteiger partial charge in [-0.1, -0.05) is 24.8 Å². The molecule has 0 aromatic carbocycles. The van der Waals surface area contributed by atoms with Crippen molar-refractivity contribution in [2.75, 3.05) is 11.9 Å². The largest absolute Gasteiger partial charge is 0.374 e. The summed E-state index contributed by atoms with van der Waals surface area (Å²) in [6.45, 7) is 7.92. The lowest BCUT2D eigenvalue weighted by Gasteiger charge is -2.11. The molecule has 0 bridgehead atoms. The fraction of sp³-hybridized carbons (Fsp3) is 0.818. The Morgan fingerprint density at radius 3 is 2.88 bits per heavy atom. The van der Waals surface area contributed by atoms with Crippen LogP contribution >= 0.6 is 11.5 Å². The first kappa shape index (κ1) is 13.4. The van der Waals surface area contributed by atoms with Gasteiger partial charge in [-0.2, -0.15) is 0 Å². The number of rotatable bonds is 8. The molecule has 0 aliphatic heterocycles. The van der Waals surface area contributed by atoms with Gasteiger partial charge in [-0.15, -0.1) is 5.10 Å². The van der Waals surface area contributed by atoms with E-state index in [9.17, 15) is 0 Å². The molecule has 1 atom stereocenters. The minimum atomic E-state index is 0.297. The van der Waals surface area contributed by atoms with Crippen LogP contribution in [0.25, 0.3) is 0 Å². The van der Waals surface area contributed by atoms with Crippen LogP contribution in [0.3, 0.4) is 0 Å². The zero-order chi connectivity index (χ0) is 11.8. The molecule has 0 fully saturated rings. The van der Waals surface area contributed by atoms with E-state index in [-0.39, 0.29) is 0 Å². The Morgan fingerprint density at radius 1 is 1.38 bits per heavy atom. The van der Waals surface area contributed by atoms with Crippen LogP contribution in [0.1, 0.15) is 45.7 Å². The van der Waals surface area contributed by atoms with Gasteiger partial charge in [-0.3, -0.25) is 0 Å². The average Bonchev–Trinajstić information content (AvgIpc) is 2.71. The molecule has 1 heterocycles. The van der Waals surface area contributed by atoms with Gasteiger partial charge >= 0.3 is 0 Å². The number of ether oxygens (including phenoxy) is 1. The van der Waals surface area contributed by atoms with Crippen LogP contribution in [0.2, 0.25) is 0 Å². The number of anilines is 1. The SMILES string of the molecule is CCCNc1snnc1COC(C)CCC. The van der Waals surface area contributed by atoms with Gasteiger partial charge < -0.3 is 10.1 Å². The molecule has 0 amide bonds. The van der Waals surface area contributed by atoms with Crippen molar-refractivity contribution < 1.29 is 4.74 Å². The molecule has 1 unspecified atom stereocenters. The first-order valence-electron chi connectivity index (χ1n) is 5.94. The van der Waals surface area contributed by atoms with E-state index in [2.05, 4.69) is 35.7 Å². The number of hydrogen-bond acceptors (Lipinski definition) is 5. The van der Waals surface area contributed by atoms with Gasteiger partial charge in [0, 0.05) is 18.1 Å². The quantitative estimate of drug-likeness (QED) is 0.762. The zero-order valence-corrected chi connectivity index (χ0v) is 11.1. The molecule has 1 N–H and O–H groups in total. The highest BCUT2D eigenvalue weighted by atomic mass is 32.1. The summed E-state index contributed by atoms with van der Waals surface area (Å²) in [6.07, 6.45) is 3.64. The van der Waals surface area contributed by atoms with Gasteiger partial charge in [-0.05, 0) is 19.8 Å². The lowest BCUT2D eigenvalue weighted by Crippen LogP contribution is -2.09. The summed E-state index contributed by atoms with van der Waals surface area (Å²) in [7, 11) is 0. The molecular formula is C11H21N3OS. The minimum absolute atomic E-state index is 0.297. The number of nitrogens with one attached hydrogen (secondary N) is 1. The molecule has 0 spiro atoms. The molecule has 1 aromatic rings. The maximum atomic E-state index is 5.71. The van der Waals surface area contributed by atoms with E-state index < -0.39 is 0 Å². The molecule has 0 radical (unpaired) electrons. The predicted molar refractivity (Wildman–Crippen MR) is 67.8 cm³/mol. The highest BCUT2D eigenvalue weighted by Crippen LogP contribution is 2.19. The Bertz CT molecular complexity index is 291. The fourth-order valence-electron chi connectivity index (χ4n) is 1.39. The summed E-state index contributed by atoms with van der Waals surface area (Å²) in [5.74, 6) is 0. The standard InChI is InChI=1S/C11H21N3OS/c1-4-6-9(3)15-8-10-11(12-7-5-2)16-14-13-10/h9,12H,4-8H2,1-3H3. The maximum Gasteiger partial charge on any atom is 0.135 e. The lowest BCUT2D eigenvalue weighted by molar-refractivity contribution is 0.0455. The highest BCUT2D eigenvalue weighted by molar-refractivity contribution is 7.10. The summed E-state index contributed by atoms with van der Waals surface area (Å²) in [5, 5.41) is 8.44. The zero-order valence-electron chi connectivity index (χ0n) is 10.3. The number of nitrogens with zero attached hydrogens (tertiary/aromatic N) is 2. The monoisotopic (exact) mass is 243 g/mol. The van der Waals surface area contributed by atoms with Gasteiger partial charge in [0.25, 0.3) is 0 Å². The van der Waals surface area contributed by atoms with E-state index in [1.54, 1.807) is 0 Å². The van der Waals surface area contributed by atoms with Crippen molar-refractivity contribution in [3.8, 4) is 0 Å². The molecular weight excluding hydrogens is 222 g/mol. The summed E-state index contributed by atoms with van der Waals surface area (Å²) >= 11 is 1.40. The van der Waals surface area contributed by atoms with Crippen molar-refractivity contribution in [3.05, 3.63) is 5.69 Å². The number of hydrogen-bond donors (Lipinski definition) is 1. The van der Waals surface area contributed by atoms with Crippen molar-refractivity contribution in [2.24, 2.45) is 0 Å². The van der Waals surface area contributed by atoms with Gasteiger partial charge in [0.2, 0.25) is 0 Å². The highest BCUT2D eigenvalue weighted by Gasteiger charge is 2.09. The van der Waals surface area contributed by atoms with Crippen LogP contribution in [0, 0.1) is 0 Å². The topological polar surface area (TPSA) is 47.0 Å². The molecule has 16 heavy (non-hydrogen) atoms. The van der Waals surface area contributed by atoms with Crippen LogP contribution < -0.4 is 5.32 Å². The molecule has 0 saturated carbocycles. The Morgan fingerprint density at radius 2 is 2.19 bits per heavy atom. The maximum absolute atomic E-state index is 5.71. The predicted octanol–water partition coefficient (Wildman–Crippen LogP) is 3.07. The molecule has 1 aromatic heterocycles. The van der Waals surface area contributed by atoms with Crippen LogP contribution in [-0.4, -0.2) is 22.2 Å². The molecule has 1 rings (SSSR count).